The molecule has 0 spiro atoms. The highest BCUT2D eigenvalue weighted by molar-refractivity contribution is 6.34. The second kappa shape index (κ2) is 7.12. The van der Waals surface area contributed by atoms with Crippen molar-refractivity contribution in [1.82, 2.24) is 5.06 Å². The van der Waals surface area contributed by atoms with Gasteiger partial charge >= 0.3 is 5.91 Å². The van der Waals surface area contributed by atoms with Gasteiger partial charge in [-0.25, -0.2) is 9.90 Å². The van der Waals surface area contributed by atoms with Crippen molar-refractivity contribution >= 4 is 11.7 Å². The normalized spacial score (nSPS) is 21.0. The van der Waals surface area contributed by atoms with E-state index in [9.17, 15) is 30.0 Å². The maximum Gasteiger partial charge on any atom is 0.313 e. The molecular weight excluding hydrogens is 370 g/mol. The van der Waals surface area contributed by atoms with E-state index in [2.05, 4.69) is 0 Å². The number of hydrogen-bond donors (Lipinski definition) is 4. The molecule has 0 fully saturated rings. The molecule has 0 saturated carbocycles. The first kappa shape index (κ1) is 19.6. The van der Waals surface area contributed by atoms with Gasteiger partial charge in [-0.05, 0) is 29.3 Å². The summed E-state index contributed by atoms with van der Waals surface area (Å²) in [6, 6.07) is 8.09. The van der Waals surface area contributed by atoms with Gasteiger partial charge in [-0.2, -0.15) is 0 Å². The van der Waals surface area contributed by atoms with E-state index in [-0.39, 0.29) is 29.2 Å². The number of aliphatic hydroxyl groups is 1. The Kier molecular flexibility index (Phi) is 4.99. The average molecular weight is 389 g/mol. The minimum atomic E-state index is -2.45. The largest absolute Gasteiger partial charge is 0.508 e. The van der Waals surface area contributed by atoms with Crippen LogP contribution in [0.3, 0.4) is 0 Å². The van der Waals surface area contributed by atoms with E-state index in [0.717, 1.165) is 20.0 Å². The van der Waals surface area contributed by atoms with Gasteiger partial charge in [0, 0.05) is 20.0 Å². The van der Waals surface area contributed by atoms with Crippen molar-refractivity contribution in [2.75, 3.05) is 7.05 Å². The standard InChI is InChI=1S/C19H19NO8/c1-10(21)18(25)20(2)28-19(26)16-12(7-14(23)8-15(16)24)9-27-17(19)11-4-3-5-13(22)6-11/h3-8,17,22-24,26H,9H2,1-2H3. The summed E-state index contributed by atoms with van der Waals surface area (Å²) in [6.45, 7) is 0.938. The van der Waals surface area contributed by atoms with Gasteiger partial charge in [-0.1, -0.05) is 12.1 Å². The molecule has 1 aliphatic heterocycles. The van der Waals surface area contributed by atoms with E-state index in [0.29, 0.717) is 10.6 Å². The molecule has 28 heavy (non-hydrogen) atoms. The van der Waals surface area contributed by atoms with Crippen LogP contribution in [0, 0.1) is 0 Å². The number of ketones is 1. The lowest BCUT2D eigenvalue weighted by Gasteiger charge is -2.42. The lowest BCUT2D eigenvalue weighted by molar-refractivity contribution is -0.364. The minimum absolute atomic E-state index is 0.0997. The molecule has 0 radical (unpaired) electrons. The first-order chi connectivity index (χ1) is 13.1. The van der Waals surface area contributed by atoms with Crippen LogP contribution >= 0.6 is 0 Å². The summed E-state index contributed by atoms with van der Waals surface area (Å²) < 4.78 is 5.68. The molecular formula is C19H19NO8. The Morgan fingerprint density at radius 1 is 1.18 bits per heavy atom. The zero-order valence-electron chi connectivity index (χ0n) is 15.1. The predicted octanol–water partition coefficient (Wildman–Crippen LogP) is 1.20. The Balaban J connectivity index is 2.15. The number of amides is 1. The van der Waals surface area contributed by atoms with Gasteiger partial charge in [-0.3, -0.25) is 9.59 Å². The van der Waals surface area contributed by atoms with Crippen molar-refractivity contribution in [3.63, 3.8) is 0 Å². The van der Waals surface area contributed by atoms with Crippen LogP contribution in [0.15, 0.2) is 36.4 Å². The Labute approximate surface area is 159 Å². The minimum Gasteiger partial charge on any atom is -0.508 e. The number of phenolic OH excluding ortho intramolecular Hbond substituents is 3. The number of ether oxygens (including phenoxy) is 1. The molecule has 1 heterocycles. The fourth-order valence-electron chi connectivity index (χ4n) is 3.19. The molecule has 2 atom stereocenters. The van der Waals surface area contributed by atoms with Gasteiger partial charge in [0.05, 0.1) is 12.2 Å². The van der Waals surface area contributed by atoms with Crippen LogP contribution in [-0.4, -0.2) is 44.2 Å². The average Bonchev–Trinajstić information content (AvgIpc) is 2.60. The number of carbonyl (C=O) groups excluding carboxylic acids is 2. The quantitative estimate of drug-likeness (QED) is 0.348. The molecule has 2 unspecified atom stereocenters. The number of hydrogen-bond acceptors (Lipinski definition) is 8. The van der Waals surface area contributed by atoms with Gasteiger partial charge in [0.1, 0.15) is 23.4 Å². The summed E-state index contributed by atoms with van der Waals surface area (Å²) in [5.74, 6) is -5.16. The number of benzene rings is 2. The number of aromatic hydroxyl groups is 3. The van der Waals surface area contributed by atoms with E-state index in [1.807, 2.05) is 0 Å². The van der Waals surface area contributed by atoms with Crippen molar-refractivity contribution in [3.05, 3.63) is 53.1 Å². The van der Waals surface area contributed by atoms with Gasteiger partial charge in [-0.15, -0.1) is 0 Å². The first-order valence-electron chi connectivity index (χ1n) is 8.29. The Morgan fingerprint density at radius 3 is 2.54 bits per heavy atom. The monoisotopic (exact) mass is 389 g/mol. The fourth-order valence-corrected chi connectivity index (χ4v) is 3.19. The summed E-state index contributed by atoms with van der Waals surface area (Å²) in [4.78, 5) is 28.8. The maximum absolute atomic E-state index is 12.0. The summed E-state index contributed by atoms with van der Waals surface area (Å²) in [7, 11) is 1.13. The Morgan fingerprint density at radius 2 is 1.89 bits per heavy atom. The van der Waals surface area contributed by atoms with Crippen molar-refractivity contribution < 1.29 is 39.6 Å². The summed E-state index contributed by atoms with van der Waals surface area (Å²) in [5, 5.41) is 41.8. The zero-order valence-corrected chi connectivity index (χ0v) is 15.1. The Hall–Kier alpha value is -3.14. The smallest absolute Gasteiger partial charge is 0.313 e. The van der Waals surface area contributed by atoms with E-state index >= 15 is 0 Å². The number of hydroxylamine groups is 2. The van der Waals surface area contributed by atoms with Crippen LogP contribution in [0.2, 0.25) is 0 Å². The molecule has 1 aliphatic rings. The number of rotatable bonds is 4. The highest BCUT2D eigenvalue weighted by atomic mass is 16.8. The van der Waals surface area contributed by atoms with E-state index < -0.39 is 29.3 Å². The first-order valence-corrected chi connectivity index (χ1v) is 8.29. The molecule has 9 nitrogen and oxygen atoms in total. The van der Waals surface area contributed by atoms with Crippen LogP contribution in [0.4, 0.5) is 0 Å². The van der Waals surface area contributed by atoms with E-state index in [1.54, 1.807) is 6.07 Å². The molecule has 0 saturated heterocycles. The van der Waals surface area contributed by atoms with Crippen molar-refractivity contribution in [3.8, 4) is 17.2 Å². The van der Waals surface area contributed by atoms with E-state index in [1.165, 1.54) is 24.3 Å². The molecule has 0 aliphatic carbocycles. The Bertz CT molecular complexity index is 944. The second-order valence-electron chi connectivity index (χ2n) is 6.43. The number of Topliss-reactive ketones (excluding diaryl/α,β-unsaturated/α-hetero) is 1. The molecule has 148 valence electrons. The van der Waals surface area contributed by atoms with E-state index in [4.69, 9.17) is 9.57 Å². The molecule has 4 N–H and O–H groups in total. The molecule has 2 aromatic rings. The lowest BCUT2D eigenvalue weighted by atomic mass is 9.88. The summed E-state index contributed by atoms with van der Waals surface area (Å²) >= 11 is 0. The zero-order chi connectivity index (χ0) is 20.6. The summed E-state index contributed by atoms with van der Waals surface area (Å²) in [5.41, 5.74) is 0.387. The third-order valence-corrected chi connectivity index (χ3v) is 4.34. The number of likely N-dealkylation sites (N-methyl/N-ethyl adjacent to an activating group) is 1. The third kappa shape index (κ3) is 3.38. The second-order valence-corrected chi connectivity index (χ2v) is 6.43. The number of fused-ring (bicyclic) bond motifs is 1. The van der Waals surface area contributed by atoms with Crippen LogP contribution in [-0.2, 0) is 31.6 Å². The van der Waals surface area contributed by atoms with Gasteiger partial charge in [0.2, 0.25) is 5.78 Å². The maximum atomic E-state index is 12.0. The number of carbonyl (C=O) groups is 2. The molecule has 0 bridgehead atoms. The van der Waals surface area contributed by atoms with Gasteiger partial charge < -0.3 is 25.2 Å². The van der Waals surface area contributed by atoms with Crippen molar-refractivity contribution in [2.24, 2.45) is 0 Å². The summed E-state index contributed by atoms with van der Waals surface area (Å²) in [6.07, 6.45) is -1.27. The van der Waals surface area contributed by atoms with Crippen LogP contribution in [0.1, 0.15) is 29.7 Å². The van der Waals surface area contributed by atoms with Crippen LogP contribution < -0.4 is 0 Å². The fraction of sp³-hybridized carbons (Fsp3) is 0.263. The lowest BCUT2D eigenvalue weighted by Crippen LogP contribution is -2.48. The third-order valence-electron chi connectivity index (χ3n) is 4.34. The number of nitrogens with zero attached hydrogens (tertiary/aromatic N) is 1. The van der Waals surface area contributed by atoms with Gasteiger partial charge in [0.25, 0.3) is 5.79 Å². The molecule has 2 aromatic carbocycles. The number of phenols is 3. The molecule has 9 heteroatoms. The SMILES string of the molecule is CC(=O)C(=O)N(C)OC1(O)c2c(O)cc(O)cc2COC1c1cccc(O)c1. The topological polar surface area (TPSA) is 137 Å². The molecule has 3 rings (SSSR count). The van der Waals surface area contributed by atoms with Crippen molar-refractivity contribution in [2.45, 2.75) is 25.4 Å². The highest BCUT2D eigenvalue weighted by Gasteiger charge is 2.50. The predicted molar refractivity (Wildman–Crippen MR) is 93.8 cm³/mol. The molecule has 0 aromatic heterocycles. The van der Waals surface area contributed by atoms with Crippen molar-refractivity contribution in [1.29, 1.82) is 0 Å². The highest BCUT2D eigenvalue weighted by Crippen LogP contribution is 2.49. The molecule has 1 amide bonds. The van der Waals surface area contributed by atoms with Crippen LogP contribution in [0.25, 0.3) is 0 Å². The van der Waals surface area contributed by atoms with Gasteiger partial charge in [0.15, 0.2) is 0 Å². The van der Waals surface area contributed by atoms with Crippen LogP contribution in [0.5, 0.6) is 17.2 Å².